The Morgan fingerprint density at radius 3 is 2.27 bits per heavy atom. The van der Waals surface area contributed by atoms with Crippen LogP contribution in [0.4, 0.5) is 0 Å². The molecule has 0 saturated heterocycles. The van der Waals surface area contributed by atoms with Crippen molar-refractivity contribution in [3.05, 3.63) is 104 Å². The maximum Gasteiger partial charge on any atom is 0.0993 e. The fraction of sp³-hybridized carbons (Fsp3) is 0.488. The Labute approximate surface area is 265 Å². The van der Waals surface area contributed by atoms with Crippen LogP contribution in [0.5, 0.6) is 0 Å². The third kappa shape index (κ3) is 4.87. The number of methoxy groups -OCH3 is 1. The lowest BCUT2D eigenvalue weighted by Crippen LogP contribution is -2.47. The molecule has 0 aromatic heterocycles. The van der Waals surface area contributed by atoms with Crippen LogP contribution >= 0.6 is 0 Å². The van der Waals surface area contributed by atoms with Crippen molar-refractivity contribution < 1.29 is 9.84 Å². The van der Waals surface area contributed by atoms with Gasteiger partial charge in [-0.2, -0.15) is 0 Å². The van der Waals surface area contributed by atoms with Gasteiger partial charge >= 0.3 is 0 Å². The van der Waals surface area contributed by atoms with Gasteiger partial charge in [0.1, 0.15) is 0 Å². The fourth-order valence-electron chi connectivity index (χ4n) is 7.87. The quantitative estimate of drug-likeness (QED) is 0.280. The molecule has 0 fully saturated rings. The molecule has 0 radical (unpaired) electrons. The van der Waals surface area contributed by atoms with Gasteiger partial charge in [-0.05, 0) is 113 Å². The third-order valence-electron chi connectivity index (χ3n) is 10.8. The number of aliphatic hydroxyl groups excluding tert-OH is 1. The molecule has 1 unspecified atom stereocenters. The average Bonchev–Trinajstić information content (AvgIpc) is 3.12. The molecule has 1 N–H and O–H groups in total. The molecule has 0 saturated carbocycles. The second-order valence-corrected chi connectivity index (χ2v) is 16.0. The summed E-state index contributed by atoms with van der Waals surface area (Å²) in [6, 6.07) is 11.9. The summed E-state index contributed by atoms with van der Waals surface area (Å²) in [6.07, 6.45) is 4.88. The van der Waals surface area contributed by atoms with Crippen molar-refractivity contribution in [3.8, 4) is 0 Å². The first-order chi connectivity index (χ1) is 20.4. The van der Waals surface area contributed by atoms with Gasteiger partial charge in [-0.15, -0.1) is 0 Å². The standard InChI is InChI=1S/C41H53NO2/c1-14-27-17-31-35-32(18-28(21-38(5,6)7)19-34(35)42-22-27)40(10,11)37-30-16-24(2)15-25(3)29(30)20-33(36(31)37)41(12,26(4)44-13)39(8,9)23-43/h15-16,18-20,22,43H,4,14,17,21,23H2,1-3,5-13H3. The van der Waals surface area contributed by atoms with Gasteiger partial charge in [-0.1, -0.05) is 85.7 Å². The van der Waals surface area contributed by atoms with Crippen LogP contribution in [-0.2, 0) is 22.0 Å². The highest BCUT2D eigenvalue weighted by Gasteiger charge is 2.49. The largest absolute Gasteiger partial charge is 0.501 e. The van der Waals surface area contributed by atoms with Crippen LogP contribution in [0.25, 0.3) is 16.3 Å². The molecule has 3 aromatic carbocycles. The Hall–Kier alpha value is -3.17. The van der Waals surface area contributed by atoms with Gasteiger partial charge in [0.2, 0.25) is 0 Å². The Morgan fingerprint density at radius 1 is 1.00 bits per heavy atom. The Kier molecular flexibility index (Phi) is 7.86. The number of aryl methyl sites for hydroxylation is 2. The van der Waals surface area contributed by atoms with E-state index >= 15 is 0 Å². The van der Waals surface area contributed by atoms with E-state index in [1.807, 2.05) is 0 Å². The summed E-state index contributed by atoms with van der Waals surface area (Å²) in [5.74, 6) is 0.664. The van der Waals surface area contributed by atoms with Gasteiger partial charge in [-0.25, -0.2) is 0 Å². The molecule has 234 valence electrons. The van der Waals surface area contributed by atoms with E-state index in [1.165, 1.54) is 66.1 Å². The third-order valence-corrected chi connectivity index (χ3v) is 10.8. The lowest BCUT2D eigenvalue weighted by atomic mass is 9.57. The lowest BCUT2D eigenvalue weighted by Gasteiger charge is -2.47. The zero-order valence-corrected chi connectivity index (χ0v) is 29.3. The summed E-state index contributed by atoms with van der Waals surface area (Å²) in [7, 11) is 1.71. The van der Waals surface area contributed by atoms with E-state index in [0.29, 0.717) is 5.76 Å². The molecule has 0 spiro atoms. The molecule has 3 nitrogen and oxygen atoms in total. The molecule has 44 heavy (non-hydrogen) atoms. The lowest BCUT2D eigenvalue weighted by molar-refractivity contribution is 0.0624. The molecule has 1 aliphatic carbocycles. The number of ether oxygens (including phenoxy) is 1. The number of rotatable bonds is 7. The molecule has 3 heteroatoms. The summed E-state index contributed by atoms with van der Waals surface area (Å²) in [5.41, 5.74) is 10.3. The summed E-state index contributed by atoms with van der Waals surface area (Å²) < 4.78 is 6.02. The SMILES string of the molecule is C=C(OC)C(C)(c1cc2c(C)cc(C)cc2c2c1C1=c3c(cc(CC(C)(C)C)cc3=NC=C(CC)C1)C2(C)C)C(C)(C)CO. The van der Waals surface area contributed by atoms with E-state index in [-0.39, 0.29) is 17.4 Å². The van der Waals surface area contributed by atoms with Gasteiger partial charge in [-0.3, -0.25) is 4.99 Å². The molecule has 1 atom stereocenters. The second kappa shape index (κ2) is 10.7. The minimum Gasteiger partial charge on any atom is -0.501 e. The first-order valence-corrected chi connectivity index (χ1v) is 16.3. The zero-order chi connectivity index (χ0) is 32.6. The van der Waals surface area contributed by atoms with Gasteiger partial charge in [0.15, 0.2) is 0 Å². The molecular weight excluding hydrogens is 538 g/mol. The predicted molar refractivity (Wildman–Crippen MR) is 186 cm³/mol. The van der Waals surface area contributed by atoms with Gasteiger partial charge < -0.3 is 9.84 Å². The highest BCUT2D eigenvalue weighted by atomic mass is 16.5. The molecule has 1 aliphatic heterocycles. The molecule has 1 heterocycles. The van der Waals surface area contributed by atoms with Crippen LogP contribution in [0.3, 0.4) is 0 Å². The second-order valence-electron chi connectivity index (χ2n) is 16.0. The van der Waals surface area contributed by atoms with Gasteiger partial charge in [0.25, 0.3) is 0 Å². The number of hydrogen-bond donors (Lipinski definition) is 1. The number of nitrogens with zero attached hydrogens (tertiary/aromatic N) is 1. The van der Waals surface area contributed by atoms with E-state index in [4.69, 9.17) is 9.73 Å². The fourth-order valence-corrected chi connectivity index (χ4v) is 7.87. The van der Waals surface area contributed by atoms with Crippen LogP contribution < -0.4 is 10.6 Å². The van der Waals surface area contributed by atoms with Crippen LogP contribution in [-0.4, -0.2) is 18.8 Å². The van der Waals surface area contributed by atoms with Crippen molar-refractivity contribution in [3.63, 3.8) is 0 Å². The van der Waals surface area contributed by atoms with E-state index in [1.54, 1.807) is 7.11 Å². The van der Waals surface area contributed by atoms with Crippen molar-refractivity contribution in [1.29, 1.82) is 0 Å². The minimum atomic E-state index is -0.682. The normalized spacial score (nSPS) is 17.2. The topological polar surface area (TPSA) is 41.8 Å². The number of hydrogen-bond acceptors (Lipinski definition) is 3. The van der Waals surface area contributed by atoms with Crippen molar-refractivity contribution in [2.45, 2.75) is 106 Å². The van der Waals surface area contributed by atoms with Crippen LogP contribution in [0, 0.1) is 24.7 Å². The first kappa shape index (κ1) is 32.2. The Bertz CT molecular complexity index is 1840. The number of aliphatic hydroxyl groups is 1. The number of fused-ring (bicyclic) bond motifs is 4. The first-order valence-electron chi connectivity index (χ1n) is 16.3. The highest BCUT2D eigenvalue weighted by Crippen LogP contribution is 2.54. The van der Waals surface area contributed by atoms with E-state index < -0.39 is 10.8 Å². The zero-order valence-electron chi connectivity index (χ0n) is 29.3. The van der Waals surface area contributed by atoms with Crippen LogP contribution in [0.15, 0.2) is 59.4 Å². The van der Waals surface area contributed by atoms with Crippen LogP contribution in [0.2, 0.25) is 0 Å². The molecule has 0 bridgehead atoms. The molecule has 5 rings (SSSR count). The summed E-state index contributed by atoms with van der Waals surface area (Å²) in [5, 5.41) is 15.8. The smallest absolute Gasteiger partial charge is 0.0993 e. The van der Waals surface area contributed by atoms with Crippen molar-refractivity contribution in [1.82, 2.24) is 0 Å². The molecule has 3 aromatic rings. The maximum absolute atomic E-state index is 10.9. The molecule has 2 aliphatic rings. The summed E-state index contributed by atoms with van der Waals surface area (Å²) in [4.78, 5) is 5.19. The molecule has 0 amide bonds. The van der Waals surface area contributed by atoms with E-state index in [0.717, 1.165) is 24.6 Å². The maximum atomic E-state index is 10.9. The summed E-state index contributed by atoms with van der Waals surface area (Å²) >= 11 is 0. The predicted octanol–water partition coefficient (Wildman–Crippen LogP) is 8.64. The van der Waals surface area contributed by atoms with E-state index in [9.17, 15) is 5.11 Å². The monoisotopic (exact) mass is 591 g/mol. The summed E-state index contributed by atoms with van der Waals surface area (Å²) in [6.45, 7) is 29.4. The van der Waals surface area contributed by atoms with E-state index in [2.05, 4.69) is 119 Å². The van der Waals surface area contributed by atoms with Crippen molar-refractivity contribution in [2.24, 2.45) is 15.8 Å². The van der Waals surface area contributed by atoms with Gasteiger partial charge in [0.05, 0.1) is 23.6 Å². The van der Waals surface area contributed by atoms with Gasteiger partial charge in [0, 0.05) is 28.9 Å². The van der Waals surface area contributed by atoms with Crippen molar-refractivity contribution >= 4 is 16.3 Å². The Morgan fingerprint density at radius 2 is 1.68 bits per heavy atom. The minimum absolute atomic E-state index is 0.00224. The number of allylic oxidation sites excluding steroid dienone is 2. The van der Waals surface area contributed by atoms with Crippen molar-refractivity contribution in [2.75, 3.05) is 13.7 Å². The van der Waals surface area contributed by atoms with Crippen LogP contribution in [0.1, 0.15) is 114 Å². The highest BCUT2D eigenvalue weighted by molar-refractivity contribution is 5.98. The average molecular weight is 592 g/mol. The molecular formula is C41H53NO2. The Balaban J connectivity index is 2.11. The number of benzene rings is 3.